The average molecular weight is 354 g/mol. The Morgan fingerprint density at radius 1 is 1.15 bits per heavy atom. The number of hydrogen-bond donors (Lipinski definition) is 3. The van der Waals surface area contributed by atoms with Crippen LogP contribution in [0.3, 0.4) is 0 Å². The third kappa shape index (κ3) is 5.08. The molecule has 2 heterocycles. The molecule has 138 valence electrons. The van der Waals surface area contributed by atoms with Crippen LogP contribution in [-0.4, -0.2) is 42.4 Å². The van der Waals surface area contributed by atoms with Crippen molar-refractivity contribution in [3.8, 4) is 0 Å². The molecule has 3 N–H and O–H groups in total. The van der Waals surface area contributed by atoms with Gasteiger partial charge < -0.3 is 20.9 Å². The molecule has 0 aliphatic carbocycles. The molecule has 7 nitrogen and oxygen atoms in total. The standard InChI is InChI=1S/C19H26N6O/c1-2-15-5-7-16(8-6-15)23-19(26)21-10-9-20-18-13-17(14-22-24-18)25-11-3-4-12-25/h5-8,13-14H,2-4,9-12H2,1H3,(H,20,24)(H2,21,23,26). The monoisotopic (exact) mass is 354 g/mol. The molecule has 1 fully saturated rings. The summed E-state index contributed by atoms with van der Waals surface area (Å²) in [5.74, 6) is 0.728. The molecule has 0 unspecified atom stereocenters. The smallest absolute Gasteiger partial charge is 0.319 e. The van der Waals surface area contributed by atoms with Gasteiger partial charge in [-0.25, -0.2) is 4.79 Å². The van der Waals surface area contributed by atoms with E-state index in [0.717, 1.165) is 36.7 Å². The number of carbonyl (C=O) groups is 1. The second-order valence-electron chi connectivity index (χ2n) is 6.35. The Balaban J connectivity index is 1.39. The zero-order valence-corrected chi connectivity index (χ0v) is 15.2. The fraction of sp³-hybridized carbons (Fsp3) is 0.421. The van der Waals surface area contributed by atoms with Crippen LogP contribution in [0.1, 0.15) is 25.3 Å². The summed E-state index contributed by atoms with van der Waals surface area (Å²) >= 11 is 0. The lowest BCUT2D eigenvalue weighted by Crippen LogP contribution is -2.32. The first-order chi connectivity index (χ1) is 12.7. The highest BCUT2D eigenvalue weighted by molar-refractivity contribution is 5.89. The molecule has 1 aliphatic heterocycles. The maximum absolute atomic E-state index is 11.9. The number of nitrogens with one attached hydrogen (secondary N) is 3. The maximum Gasteiger partial charge on any atom is 0.319 e. The van der Waals surface area contributed by atoms with Crippen molar-refractivity contribution < 1.29 is 4.79 Å². The van der Waals surface area contributed by atoms with Crippen molar-refractivity contribution in [3.63, 3.8) is 0 Å². The largest absolute Gasteiger partial charge is 0.370 e. The van der Waals surface area contributed by atoms with E-state index in [1.165, 1.54) is 18.4 Å². The molecule has 0 bridgehead atoms. The van der Waals surface area contributed by atoms with E-state index in [9.17, 15) is 4.79 Å². The lowest BCUT2D eigenvalue weighted by molar-refractivity contribution is 0.252. The van der Waals surface area contributed by atoms with Gasteiger partial charge in [-0.2, -0.15) is 5.10 Å². The molecule has 1 saturated heterocycles. The number of anilines is 3. The lowest BCUT2D eigenvalue weighted by atomic mass is 10.1. The van der Waals surface area contributed by atoms with E-state index in [4.69, 9.17) is 0 Å². The van der Waals surface area contributed by atoms with E-state index < -0.39 is 0 Å². The van der Waals surface area contributed by atoms with E-state index in [0.29, 0.717) is 13.1 Å². The molecule has 0 radical (unpaired) electrons. The maximum atomic E-state index is 11.9. The van der Waals surface area contributed by atoms with Gasteiger partial charge in [-0.15, -0.1) is 5.10 Å². The molecule has 1 aromatic heterocycles. The van der Waals surface area contributed by atoms with Crippen LogP contribution in [-0.2, 0) is 6.42 Å². The normalized spacial score (nSPS) is 13.5. The number of aromatic nitrogens is 2. The van der Waals surface area contributed by atoms with Crippen LogP contribution in [0, 0.1) is 0 Å². The van der Waals surface area contributed by atoms with Gasteiger partial charge in [0, 0.05) is 37.9 Å². The van der Waals surface area contributed by atoms with Crippen molar-refractivity contribution in [2.45, 2.75) is 26.2 Å². The van der Waals surface area contributed by atoms with Gasteiger partial charge in [0.05, 0.1) is 11.9 Å². The Bertz CT molecular complexity index is 712. The van der Waals surface area contributed by atoms with Gasteiger partial charge in [-0.05, 0) is 37.0 Å². The number of benzene rings is 1. The minimum Gasteiger partial charge on any atom is -0.370 e. The molecule has 26 heavy (non-hydrogen) atoms. The molecule has 1 aromatic carbocycles. The first-order valence-electron chi connectivity index (χ1n) is 9.20. The van der Waals surface area contributed by atoms with Gasteiger partial charge in [-0.1, -0.05) is 19.1 Å². The van der Waals surface area contributed by atoms with Gasteiger partial charge in [0.25, 0.3) is 0 Å². The number of carbonyl (C=O) groups excluding carboxylic acids is 1. The summed E-state index contributed by atoms with van der Waals surface area (Å²) in [6.07, 6.45) is 5.24. The van der Waals surface area contributed by atoms with Gasteiger partial charge in [0.15, 0.2) is 5.82 Å². The number of urea groups is 1. The fourth-order valence-corrected chi connectivity index (χ4v) is 2.96. The highest BCUT2D eigenvalue weighted by Crippen LogP contribution is 2.20. The second-order valence-corrected chi connectivity index (χ2v) is 6.35. The number of amides is 2. The van der Waals surface area contributed by atoms with Crippen molar-refractivity contribution >= 4 is 23.2 Å². The Morgan fingerprint density at radius 3 is 2.65 bits per heavy atom. The topological polar surface area (TPSA) is 82.2 Å². The van der Waals surface area contributed by atoms with E-state index >= 15 is 0 Å². The van der Waals surface area contributed by atoms with Crippen molar-refractivity contribution in [1.29, 1.82) is 0 Å². The minimum absolute atomic E-state index is 0.215. The fourth-order valence-electron chi connectivity index (χ4n) is 2.96. The second kappa shape index (κ2) is 9.03. The van der Waals surface area contributed by atoms with E-state index in [1.807, 2.05) is 30.3 Å². The van der Waals surface area contributed by atoms with Crippen LogP contribution in [0.25, 0.3) is 0 Å². The van der Waals surface area contributed by atoms with E-state index in [1.54, 1.807) is 6.20 Å². The quantitative estimate of drug-likeness (QED) is 0.666. The van der Waals surface area contributed by atoms with Crippen LogP contribution >= 0.6 is 0 Å². The van der Waals surface area contributed by atoms with Gasteiger partial charge in [0.1, 0.15) is 0 Å². The van der Waals surface area contributed by atoms with Crippen LogP contribution in [0.15, 0.2) is 36.5 Å². The van der Waals surface area contributed by atoms with Crippen molar-refractivity contribution in [1.82, 2.24) is 15.5 Å². The third-order valence-corrected chi connectivity index (χ3v) is 4.45. The number of nitrogens with zero attached hydrogens (tertiary/aromatic N) is 3. The highest BCUT2D eigenvalue weighted by Gasteiger charge is 2.13. The molecule has 0 spiro atoms. The molecule has 0 saturated carbocycles. The Morgan fingerprint density at radius 2 is 1.92 bits per heavy atom. The highest BCUT2D eigenvalue weighted by atomic mass is 16.2. The molecular weight excluding hydrogens is 328 g/mol. The Hall–Kier alpha value is -2.83. The number of rotatable bonds is 7. The van der Waals surface area contributed by atoms with Gasteiger partial charge >= 0.3 is 6.03 Å². The van der Waals surface area contributed by atoms with Crippen LogP contribution in [0.2, 0.25) is 0 Å². The predicted molar refractivity (Wildman–Crippen MR) is 105 cm³/mol. The zero-order chi connectivity index (χ0) is 18.2. The summed E-state index contributed by atoms with van der Waals surface area (Å²) < 4.78 is 0. The zero-order valence-electron chi connectivity index (χ0n) is 15.2. The van der Waals surface area contributed by atoms with Crippen LogP contribution < -0.4 is 20.9 Å². The Labute approximate surface area is 154 Å². The molecule has 2 aromatic rings. The Kier molecular flexibility index (Phi) is 6.24. The summed E-state index contributed by atoms with van der Waals surface area (Å²) in [4.78, 5) is 14.2. The molecule has 7 heteroatoms. The number of aryl methyl sites for hydroxylation is 1. The number of hydrogen-bond acceptors (Lipinski definition) is 5. The van der Waals surface area contributed by atoms with Crippen molar-refractivity contribution in [3.05, 3.63) is 42.1 Å². The van der Waals surface area contributed by atoms with Gasteiger partial charge in [0.2, 0.25) is 0 Å². The van der Waals surface area contributed by atoms with E-state index in [2.05, 4.69) is 38.0 Å². The summed E-state index contributed by atoms with van der Waals surface area (Å²) in [5.41, 5.74) is 3.13. The average Bonchev–Trinajstić information content (AvgIpc) is 3.21. The summed E-state index contributed by atoms with van der Waals surface area (Å²) in [6.45, 7) is 5.33. The first kappa shape index (κ1) is 18.0. The predicted octanol–water partition coefficient (Wildman–Crippen LogP) is 2.87. The van der Waals surface area contributed by atoms with Gasteiger partial charge in [-0.3, -0.25) is 0 Å². The summed E-state index contributed by atoms with van der Waals surface area (Å²) in [7, 11) is 0. The van der Waals surface area contributed by atoms with Crippen LogP contribution in [0.4, 0.5) is 22.0 Å². The minimum atomic E-state index is -0.215. The van der Waals surface area contributed by atoms with Crippen molar-refractivity contribution in [2.24, 2.45) is 0 Å². The third-order valence-electron chi connectivity index (χ3n) is 4.45. The molecule has 3 rings (SSSR count). The molecule has 1 aliphatic rings. The molecule has 0 atom stereocenters. The van der Waals surface area contributed by atoms with Crippen LogP contribution in [0.5, 0.6) is 0 Å². The molecule has 2 amide bonds. The SMILES string of the molecule is CCc1ccc(NC(=O)NCCNc2cc(N3CCCC3)cnn2)cc1. The molecular formula is C19H26N6O. The first-order valence-corrected chi connectivity index (χ1v) is 9.20. The van der Waals surface area contributed by atoms with Crippen molar-refractivity contribution in [2.75, 3.05) is 41.7 Å². The van der Waals surface area contributed by atoms with E-state index in [-0.39, 0.29) is 6.03 Å². The summed E-state index contributed by atoms with van der Waals surface area (Å²) in [5, 5.41) is 17.0. The summed E-state index contributed by atoms with van der Waals surface area (Å²) in [6, 6.07) is 9.65. The lowest BCUT2D eigenvalue weighted by Gasteiger charge is -2.17.